The number of hydrogen-bond donors (Lipinski definition) is 1. The van der Waals surface area contributed by atoms with Gasteiger partial charge in [0.25, 0.3) is 6.43 Å². The zero-order valence-electron chi connectivity index (χ0n) is 19.7. The third-order valence-corrected chi connectivity index (χ3v) is 5.85. The number of alkyl halides is 2. The molecule has 39 heavy (non-hydrogen) atoms. The topological polar surface area (TPSA) is 123 Å². The first kappa shape index (κ1) is 25.7. The molecular weight excluding hydrogens is 537 g/mol. The predicted octanol–water partition coefficient (Wildman–Crippen LogP) is 3.86. The molecule has 14 heteroatoms. The molecule has 196 valence electrons. The third-order valence-electron chi connectivity index (χ3n) is 5.64. The van der Waals surface area contributed by atoms with Crippen molar-refractivity contribution in [2.75, 3.05) is 5.32 Å². The van der Waals surface area contributed by atoms with Gasteiger partial charge in [-0.25, -0.2) is 27.3 Å². The Balaban J connectivity index is 1.62. The Kier molecular flexibility index (Phi) is 6.86. The van der Waals surface area contributed by atoms with E-state index in [2.05, 4.69) is 20.4 Å². The van der Waals surface area contributed by atoms with Crippen LogP contribution in [0.4, 0.5) is 24.8 Å². The van der Waals surface area contributed by atoms with E-state index >= 15 is 0 Å². The Bertz CT molecular complexity index is 1880. The van der Waals surface area contributed by atoms with Gasteiger partial charge in [0.15, 0.2) is 0 Å². The SMILES string of the molecule is N#Cc1cc(Cn2c(Nc3ccc4nn(CC(F)F)cc4c3)nc(=O)n(-c3cncc(Cl)c3)c2=O)ccc1F. The van der Waals surface area contributed by atoms with Gasteiger partial charge < -0.3 is 5.32 Å². The maximum atomic E-state index is 13.9. The van der Waals surface area contributed by atoms with E-state index in [9.17, 15) is 28.0 Å². The van der Waals surface area contributed by atoms with Gasteiger partial charge >= 0.3 is 11.4 Å². The number of anilines is 2. The normalized spacial score (nSPS) is 11.2. The van der Waals surface area contributed by atoms with Crippen molar-refractivity contribution >= 4 is 34.1 Å². The quantitative estimate of drug-likeness (QED) is 0.325. The van der Waals surface area contributed by atoms with E-state index in [-0.39, 0.29) is 28.8 Å². The Morgan fingerprint density at radius 3 is 2.67 bits per heavy atom. The lowest BCUT2D eigenvalue weighted by atomic mass is 10.1. The maximum Gasteiger partial charge on any atom is 0.359 e. The van der Waals surface area contributed by atoms with Crippen LogP contribution in [0.2, 0.25) is 5.02 Å². The summed E-state index contributed by atoms with van der Waals surface area (Å²) in [5.41, 5.74) is -0.640. The molecule has 2 aromatic carbocycles. The van der Waals surface area contributed by atoms with Gasteiger partial charge in [-0.2, -0.15) is 15.3 Å². The molecule has 0 fully saturated rings. The Labute approximate surface area is 222 Å². The van der Waals surface area contributed by atoms with Gasteiger partial charge in [-0.05, 0) is 42.0 Å². The molecule has 0 aliphatic heterocycles. The summed E-state index contributed by atoms with van der Waals surface area (Å²) < 4.78 is 42.5. The molecule has 3 aromatic heterocycles. The highest BCUT2D eigenvalue weighted by Crippen LogP contribution is 2.22. The molecule has 0 radical (unpaired) electrons. The van der Waals surface area contributed by atoms with Gasteiger partial charge in [-0.15, -0.1) is 0 Å². The minimum atomic E-state index is -2.58. The largest absolute Gasteiger partial charge is 0.359 e. The lowest BCUT2D eigenvalue weighted by Crippen LogP contribution is -2.41. The molecule has 0 saturated heterocycles. The van der Waals surface area contributed by atoms with E-state index in [1.807, 2.05) is 0 Å². The highest BCUT2D eigenvalue weighted by atomic mass is 35.5. The van der Waals surface area contributed by atoms with Crippen LogP contribution in [0.15, 0.2) is 70.6 Å². The molecule has 0 atom stereocenters. The smallest absolute Gasteiger partial charge is 0.325 e. The summed E-state index contributed by atoms with van der Waals surface area (Å²) in [4.78, 5) is 34.5. The third kappa shape index (κ3) is 5.36. The Morgan fingerprint density at radius 1 is 1.10 bits per heavy atom. The van der Waals surface area contributed by atoms with Crippen LogP contribution in [-0.4, -0.2) is 35.3 Å². The number of rotatable bonds is 7. The lowest BCUT2D eigenvalue weighted by Gasteiger charge is -2.16. The molecule has 3 heterocycles. The molecular formula is C25H16ClF3N8O2. The van der Waals surface area contributed by atoms with Crippen molar-refractivity contribution in [3.63, 3.8) is 0 Å². The van der Waals surface area contributed by atoms with Crippen molar-refractivity contribution in [1.82, 2.24) is 28.9 Å². The highest BCUT2D eigenvalue weighted by molar-refractivity contribution is 6.30. The molecule has 10 nitrogen and oxygen atoms in total. The van der Waals surface area contributed by atoms with Crippen LogP contribution < -0.4 is 16.7 Å². The standard InChI is InChI=1S/C25H16ClF3N8O2/c26-17-7-19(10-31-9-17)37-24(38)33-23(36(25(37)39)11-14-1-3-20(27)15(5-14)8-30)32-18-2-4-21-16(6-18)12-35(34-21)13-22(28)29/h1-7,9-10,12,22H,11,13H2,(H,32,33,38). The predicted molar refractivity (Wildman–Crippen MR) is 136 cm³/mol. The van der Waals surface area contributed by atoms with Gasteiger partial charge in [0.1, 0.15) is 18.4 Å². The summed E-state index contributed by atoms with van der Waals surface area (Å²) in [6.07, 6.45) is 1.47. The fourth-order valence-electron chi connectivity index (χ4n) is 3.93. The number of aromatic nitrogens is 6. The summed E-state index contributed by atoms with van der Waals surface area (Å²) in [5, 5.41) is 16.9. The van der Waals surface area contributed by atoms with Gasteiger partial charge in [0.2, 0.25) is 5.95 Å². The molecule has 0 aliphatic rings. The van der Waals surface area contributed by atoms with Gasteiger partial charge in [-0.3, -0.25) is 14.2 Å². The molecule has 0 aliphatic carbocycles. The summed E-state index contributed by atoms with van der Waals surface area (Å²) in [6, 6.07) is 11.7. The van der Waals surface area contributed by atoms with Crippen LogP contribution in [-0.2, 0) is 13.1 Å². The average molecular weight is 553 g/mol. The summed E-state index contributed by atoms with van der Waals surface area (Å²) in [7, 11) is 0. The van der Waals surface area contributed by atoms with Gasteiger partial charge in [-0.1, -0.05) is 17.7 Å². The van der Waals surface area contributed by atoms with E-state index in [1.54, 1.807) is 24.3 Å². The van der Waals surface area contributed by atoms with Crippen LogP contribution in [0, 0.1) is 17.1 Å². The minimum absolute atomic E-state index is 0.0787. The Morgan fingerprint density at radius 2 is 1.92 bits per heavy atom. The Hall–Kier alpha value is -4.96. The number of nitriles is 1. The van der Waals surface area contributed by atoms with Gasteiger partial charge in [0.05, 0.1) is 34.5 Å². The molecule has 0 spiro atoms. The molecule has 0 bridgehead atoms. The van der Waals surface area contributed by atoms with Crippen molar-refractivity contribution in [2.24, 2.45) is 0 Å². The fourth-order valence-corrected chi connectivity index (χ4v) is 4.10. The first-order valence-corrected chi connectivity index (χ1v) is 11.7. The minimum Gasteiger partial charge on any atom is -0.325 e. The number of hydrogen-bond acceptors (Lipinski definition) is 7. The lowest BCUT2D eigenvalue weighted by molar-refractivity contribution is 0.122. The number of halogens is 4. The first-order valence-electron chi connectivity index (χ1n) is 11.3. The second-order valence-corrected chi connectivity index (χ2v) is 8.79. The van der Waals surface area contributed by atoms with Crippen molar-refractivity contribution in [1.29, 1.82) is 5.26 Å². The van der Waals surface area contributed by atoms with Crippen molar-refractivity contribution in [3.8, 4) is 11.8 Å². The molecule has 0 unspecified atom stereocenters. The molecule has 0 amide bonds. The van der Waals surface area contributed by atoms with Crippen LogP contribution >= 0.6 is 11.6 Å². The second kappa shape index (κ2) is 10.4. The van der Waals surface area contributed by atoms with Crippen molar-refractivity contribution in [3.05, 3.63) is 104 Å². The van der Waals surface area contributed by atoms with E-state index in [0.29, 0.717) is 22.2 Å². The first-order chi connectivity index (χ1) is 18.7. The second-order valence-electron chi connectivity index (χ2n) is 8.35. The summed E-state index contributed by atoms with van der Waals surface area (Å²) in [5.74, 6) is -0.876. The van der Waals surface area contributed by atoms with Crippen LogP contribution in [0.25, 0.3) is 16.6 Å². The van der Waals surface area contributed by atoms with Gasteiger partial charge in [0, 0.05) is 23.5 Å². The van der Waals surface area contributed by atoms with E-state index in [1.165, 1.54) is 36.8 Å². The zero-order valence-corrected chi connectivity index (χ0v) is 20.5. The maximum absolute atomic E-state index is 13.9. The molecule has 1 N–H and O–H groups in total. The summed E-state index contributed by atoms with van der Waals surface area (Å²) >= 11 is 6.00. The van der Waals surface area contributed by atoms with Crippen molar-refractivity contribution < 1.29 is 13.2 Å². The molecule has 0 saturated carbocycles. The number of pyridine rings is 1. The molecule has 5 rings (SSSR count). The number of benzene rings is 2. The number of nitrogens with one attached hydrogen (secondary N) is 1. The fraction of sp³-hybridized carbons (Fsp3) is 0.120. The number of nitrogens with zero attached hydrogens (tertiary/aromatic N) is 7. The number of fused-ring (bicyclic) bond motifs is 1. The van der Waals surface area contributed by atoms with E-state index < -0.39 is 30.2 Å². The van der Waals surface area contributed by atoms with Crippen molar-refractivity contribution in [2.45, 2.75) is 19.5 Å². The summed E-state index contributed by atoms with van der Waals surface area (Å²) in [6.45, 7) is -0.760. The average Bonchev–Trinajstić information content (AvgIpc) is 3.28. The van der Waals surface area contributed by atoms with E-state index in [0.717, 1.165) is 19.9 Å². The van der Waals surface area contributed by atoms with Crippen LogP contribution in [0.1, 0.15) is 11.1 Å². The highest BCUT2D eigenvalue weighted by Gasteiger charge is 2.17. The monoisotopic (exact) mass is 552 g/mol. The van der Waals surface area contributed by atoms with Crippen LogP contribution in [0.5, 0.6) is 0 Å². The zero-order chi connectivity index (χ0) is 27.7. The van der Waals surface area contributed by atoms with E-state index in [4.69, 9.17) is 11.6 Å². The van der Waals surface area contributed by atoms with Crippen LogP contribution in [0.3, 0.4) is 0 Å². The molecule has 5 aromatic rings.